The van der Waals surface area contributed by atoms with Gasteiger partial charge in [-0.1, -0.05) is 0 Å². The van der Waals surface area contributed by atoms with Gasteiger partial charge in [-0.05, 0) is 37.1 Å². The fourth-order valence-corrected chi connectivity index (χ4v) is 3.85. The minimum atomic E-state index is 0.883. The van der Waals surface area contributed by atoms with Gasteiger partial charge >= 0.3 is 0 Å². The van der Waals surface area contributed by atoms with E-state index in [2.05, 4.69) is 77.9 Å². The minimum Gasteiger partial charge on any atom is -0.399 e. The molecule has 1 aliphatic heterocycles. The highest BCUT2D eigenvalue weighted by molar-refractivity contribution is 5.58. The summed E-state index contributed by atoms with van der Waals surface area (Å²) in [4.78, 5) is 5.15. The van der Waals surface area contributed by atoms with Crippen molar-refractivity contribution in [3.63, 3.8) is 0 Å². The maximum Gasteiger partial charge on any atom is 0.243 e. The van der Waals surface area contributed by atoms with Crippen molar-refractivity contribution in [2.24, 2.45) is 7.05 Å². The van der Waals surface area contributed by atoms with Crippen LogP contribution in [0.2, 0.25) is 0 Å². The molecule has 6 heteroatoms. The smallest absolute Gasteiger partial charge is 0.243 e. The molecule has 1 saturated heterocycles. The number of nitrogen functional groups attached to an aromatic ring is 1. The molecular formula is C22H38N6+2. The van der Waals surface area contributed by atoms with Crippen LogP contribution in [0.25, 0.3) is 0 Å². The normalized spacial score (nSPS) is 16.4. The third-order valence-corrected chi connectivity index (χ3v) is 6.02. The molecule has 0 aliphatic carbocycles. The Bertz CT molecular complexity index is 766. The number of hydrogen-bond acceptors (Lipinski definition) is 3. The third-order valence-electron chi connectivity index (χ3n) is 6.02. The predicted molar refractivity (Wildman–Crippen MR) is 116 cm³/mol. The zero-order valence-corrected chi connectivity index (χ0v) is 18.1. The Morgan fingerprint density at radius 2 is 1.86 bits per heavy atom. The van der Waals surface area contributed by atoms with Crippen LogP contribution in [0.3, 0.4) is 0 Å². The van der Waals surface area contributed by atoms with Crippen LogP contribution in [-0.4, -0.2) is 73.9 Å². The van der Waals surface area contributed by atoms with Gasteiger partial charge in [-0.15, -0.1) is 0 Å². The first-order chi connectivity index (χ1) is 13.3. The topological polar surface area (TPSA) is 41.3 Å². The summed E-state index contributed by atoms with van der Waals surface area (Å²) in [5, 5.41) is 0. The Hall–Kier alpha value is -2.05. The van der Waals surface area contributed by atoms with Crippen LogP contribution in [0.1, 0.15) is 12.0 Å². The molecule has 2 aromatic rings. The van der Waals surface area contributed by atoms with Crippen molar-refractivity contribution in [2.75, 3.05) is 70.5 Å². The minimum absolute atomic E-state index is 0.883. The maximum atomic E-state index is 5.98. The van der Waals surface area contributed by atoms with E-state index < -0.39 is 0 Å². The van der Waals surface area contributed by atoms with Crippen molar-refractivity contribution >= 4 is 11.4 Å². The predicted octanol–water partition coefficient (Wildman–Crippen LogP) is 1.49. The van der Waals surface area contributed by atoms with E-state index in [1.807, 2.05) is 6.07 Å². The summed E-state index contributed by atoms with van der Waals surface area (Å²) in [5.74, 6) is 0. The largest absolute Gasteiger partial charge is 0.399 e. The lowest BCUT2D eigenvalue weighted by Gasteiger charge is -2.32. The van der Waals surface area contributed by atoms with Gasteiger partial charge in [-0.25, -0.2) is 9.13 Å². The van der Waals surface area contributed by atoms with Crippen LogP contribution in [-0.2, 0) is 13.6 Å². The molecule has 154 valence electrons. The van der Waals surface area contributed by atoms with Crippen molar-refractivity contribution in [1.29, 1.82) is 0 Å². The van der Waals surface area contributed by atoms with Crippen LogP contribution >= 0.6 is 0 Å². The molecule has 1 fully saturated rings. The monoisotopic (exact) mass is 386 g/mol. The zero-order chi connectivity index (χ0) is 20.1. The first-order valence-electron chi connectivity index (χ1n) is 10.5. The molecule has 0 unspecified atom stereocenters. The maximum absolute atomic E-state index is 5.98. The molecule has 0 radical (unpaired) electrons. The van der Waals surface area contributed by atoms with Crippen molar-refractivity contribution in [3.05, 3.63) is 42.5 Å². The van der Waals surface area contributed by atoms with Gasteiger partial charge in [0.2, 0.25) is 6.33 Å². The molecule has 0 atom stereocenters. The molecule has 0 saturated carbocycles. The van der Waals surface area contributed by atoms with E-state index in [0.29, 0.717) is 0 Å². The molecule has 2 heterocycles. The number of nitrogens with zero attached hydrogens (tertiary/aromatic N) is 5. The highest BCUT2D eigenvalue weighted by Crippen LogP contribution is 2.21. The number of imidazole rings is 1. The number of anilines is 2. The van der Waals surface area contributed by atoms with E-state index in [-0.39, 0.29) is 0 Å². The van der Waals surface area contributed by atoms with Crippen molar-refractivity contribution in [3.8, 4) is 0 Å². The number of quaternary nitrogens is 1. The molecule has 0 amide bonds. The molecule has 28 heavy (non-hydrogen) atoms. The van der Waals surface area contributed by atoms with Gasteiger partial charge in [0.05, 0.1) is 27.7 Å². The van der Waals surface area contributed by atoms with Crippen LogP contribution in [0.4, 0.5) is 11.4 Å². The van der Waals surface area contributed by atoms with E-state index in [1.54, 1.807) is 0 Å². The summed E-state index contributed by atoms with van der Waals surface area (Å²) in [5.41, 5.74) is 9.35. The number of nitrogens with two attached hydrogens (primary N) is 1. The average Bonchev–Trinajstić information content (AvgIpc) is 2.93. The molecule has 0 spiro atoms. The van der Waals surface area contributed by atoms with Crippen molar-refractivity contribution in [1.82, 2.24) is 9.47 Å². The Morgan fingerprint density at radius 1 is 1.07 bits per heavy atom. The number of likely N-dealkylation sites (N-methyl/N-ethyl adjacent to an activating group) is 1. The lowest BCUT2D eigenvalue weighted by atomic mass is 10.1. The van der Waals surface area contributed by atoms with E-state index in [9.17, 15) is 0 Å². The molecule has 3 rings (SSSR count). The Morgan fingerprint density at radius 3 is 2.57 bits per heavy atom. The molecular weight excluding hydrogens is 348 g/mol. The van der Waals surface area contributed by atoms with Crippen LogP contribution in [0, 0.1) is 6.92 Å². The number of rotatable bonds is 7. The fraction of sp³-hybridized carbons (Fsp3) is 0.591. The average molecular weight is 387 g/mol. The van der Waals surface area contributed by atoms with Gasteiger partial charge in [0.15, 0.2) is 0 Å². The lowest BCUT2D eigenvalue weighted by molar-refractivity contribution is -0.890. The second kappa shape index (κ2) is 8.97. The molecule has 6 nitrogen and oxygen atoms in total. The molecule has 1 aromatic heterocycles. The Kier molecular flexibility index (Phi) is 6.62. The van der Waals surface area contributed by atoms with Crippen molar-refractivity contribution < 1.29 is 9.05 Å². The molecule has 1 aromatic carbocycles. The summed E-state index contributed by atoms with van der Waals surface area (Å²) in [6.45, 7) is 11.2. The van der Waals surface area contributed by atoms with E-state index in [1.165, 1.54) is 37.3 Å². The number of aromatic nitrogens is 2. The summed E-state index contributed by atoms with van der Waals surface area (Å²) >= 11 is 0. The first kappa shape index (κ1) is 20.7. The highest BCUT2D eigenvalue weighted by atomic mass is 15.3. The SMILES string of the molecule is Cc1cc(N2CCCN(CC[N+](C)(C)CCn3cc[n+](C)c3)CC2)ccc1N. The molecule has 1 aliphatic rings. The van der Waals surface area contributed by atoms with Gasteiger partial charge in [-0.3, -0.25) is 4.90 Å². The van der Waals surface area contributed by atoms with Gasteiger partial charge in [-0.2, -0.15) is 0 Å². The van der Waals surface area contributed by atoms with Gasteiger partial charge in [0.25, 0.3) is 0 Å². The van der Waals surface area contributed by atoms with Crippen LogP contribution in [0.5, 0.6) is 0 Å². The summed E-state index contributed by atoms with van der Waals surface area (Å²) < 4.78 is 5.43. The van der Waals surface area contributed by atoms with Crippen LogP contribution in [0.15, 0.2) is 36.9 Å². The third kappa shape index (κ3) is 5.72. The number of aryl methyl sites for hydroxylation is 2. The quantitative estimate of drug-likeness (QED) is 0.445. The molecule has 0 bridgehead atoms. The fourth-order valence-electron chi connectivity index (χ4n) is 3.85. The van der Waals surface area contributed by atoms with Gasteiger partial charge in [0.1, 0.15) is 25.5 Å². The van der Waals surface area contributed by atoms with Gasteiger partial charge < -0.3 is 15.1 Å². The standard InChI is InChI=1S/C22H38N6/c1-20-18-21(6-7-22(20)23)27-9-5-8-25(12-13-27)14-16-28(3,4)17-15-26-11-10-24(2)19-26/h6-7,10-11,18-19H,5,8-9,12-17,23H2,1-4H3/q+2. The zero-order valence-electron chi connectivity index (χ0n) is 18.1. The van der Waals surface area contributed by atoms with Crippen LogP contribution < -0.4 is 15.2 Å². The Balaban J connectivity index is 1.46. The Labute approximate surface area is 170 Å². The second-order valence-electron chi connectivity index (χ2n) is 8.92. The van der Waals surface area contributed by atoms with E-state index in [0.717, 1.165) is 42.9 Å². The van der Waals surface area contributed by atoms with Crippen molar-refractivity contribution in [2.45, 2.75) is 19.9 Å². The number of benzene rings is 1. The lowest BCUT2D eigenvalue weighted by Crippen LogP contribution is -2.47. The summed E-state index contributed by atoms with van der Waals surface area (Å²) in [6.07, 6.45) is 7.63. The van der Waals surface area contributed by atoms with E-state index >= 15 is 0 Å². The first-order valence-corrected chi connectivity index (χ1v) is 10.5. The van der Waals surface area contributed by atoms with E-state index in [4.69, 9.17) is 5.73 Å². The second-order valence-corrected chi connectivity index (χ2v) is 8.92. The van der Waals surface area contributed by atoms with Gasteiger partial charge in [0, 0.05) is 44.1 Å². The number of hydrogen-bond donors (Lipinski definition) is 1. The summed E-state index contributed by atoms with van der Waals surface area (Å²) in [7, 11) is 6.78. The molecule has 2 N–H and O–H groups in total. The summed E-state index contributed by atoms with van der Waals surface area (Å²) in [6, 6.07) is 6.43. The highest BCUT2D eigenvalue weighted by Gasteiger charge is 2.21.